The van der Waals surface area contributed by atoms with Gasteiger partial charge in [-0.15, -0.1) is 0 Å². The Kier molecular flexibility index (Phi) is 5.58. The van der Waals surface area contributed by atoms with E-state index in [1.165, 1.54) is 6.07 Å². The molecule has 0 spiro atoms. The highest BCUT2D eigenvalue weighted by molar-refractivity contribution is 7.89. The molecule has 2 atom stereocenters. The van der Waals surface area contributed by atoms with Crippen LogP contribution >= 0.6 is 0 Å². The average molecular weight is 449 g/mol. The summed E-state index contributed by atoms with van der Waals surface area (Å²) >= 11 is 0. The van der Waals surface area contributed by atoms with E-state index in [4.69, 9.17) is 16.3 Å². The van der Waals surface area contributed by atoms with Crippen LogP contribution in [0.3, 0.4) is 0 Å². The van der Waals surface area contributed by atoms with E-state index in [-0.39, 0.29) is 28.5 Å². The maximum atomic E-state index is 12.7. The molecule has 7 nitrogen and oxygen atoms in total. The van der Waals surface area contributed by atoms with Crippen LogP contribution in [0.4, 0.5) is 5.69 Å². The van der Waals surface area contributed by atoms with Crippen molar-refractivity contribution in [2.75, 3.05) is 5.32 Å². The highest BCUT2D eigenvalue weighted by atomic mass is 32.2. The van der Waals surface area contributed by atoms with Crippen molar-refractivity contribution < 1.29 is 13.2 Å². The number of sulfonamides is 1. The van der Waals surface area contributed by atoms with Crippen LogP contribution in [0.25, 0.3) is 11.1 Å². The number of rotatable bonds is 6. The first-order chi connectivity index (χ1) is 15.1. The highest BCUT2D eigenvalue weighted by Crippen LogP contribution is 2.48. The highest BCUT2D eigenvalue weighted by Gasteiger charge is 2.44. The van der Waals surface area contributed by atoms with E-state index in [1.54, 1.807) is 42.5 Å². The van der Waals surface area contributed by atoms with Crippen molar-refractivity contribution in [2.24, 2.45) is 16.8 Å². The zero-order chi connectivity index (χ0) is 23.0. The van der Waals surface area contributed by atoms with Gasteiger partial charge in [-0.2, -0.15) is 0 Å². The second-order valence-corrected chi connectivity index (χ2v) is 9.63. The molecule has 164 valence electrons. The molecule has 0 saturated heterocycles. The van der Waals surface area contributed by atoms with E-state index in [9.17, 15) is 13.2 Å². The Morgan fingerprint density at radius 1 is 1.06 bits per heavy atom. The van der Waals surface area contributed by atoms with E-state index in [0.29, 0.717) is 22.4 Å². The molecule has 0 unspecified atom stereocenters. The van der Waals surface area contributed by atoms with Crippen molar-refractivity contribution in [1.29, 1.82) is 5.41 Å². The number of nitrogens with two attached hydrogens (primary N) is 2. The van der Waals surface area contributed by atoms with Crippen molar-refractivity contribution in [2.45, 2.75) is 24.2 Å². The SMILES string of the molecule is Cc1ccc(S(N)(=O)=O)c(-c2ccc(NC(=O)[C@@H]3C[C@@H]3c3cccc(C(=N)N)c3)cc2)c1. The van der Waals surface area contributed by atoms with Crippen molar-refractivity contribution in [3.8, 4) is 11.1 Å². The number of nitrogen functional groups attached to an aromatic ring is 1. The van der Waals surface area contributed by atoms with Gasteiger partial charge in [-0.05, 0) is 54.7 Å². The third-order valence-electron chi connectivity index (χ3n) is 5.66. The number of nitrogens with one attached hydrogen (secondary N) is 2. The Morgan fingerprint density at radius 2 is 1.78 bits per heavy atom. The van der Waals surface area contributed by atoms with Crippen LogP contribution in [-0.4, -0.2) is 20.2 Å². The number of carbonyl (C=O) groups is 1. The summed E-state index contributed by atoms with van der Waals surface area (Å²) in [6.07, 6.45) is 0.742. The van der Waals surface area contributed by atoms with E-state index in [2.05, 4.69) is 5.32 Å². The van der Waals surface area contributed by atoms with E-state index in [0.717, 1.165) is 17.5 Å². The second kappa shape index (κ2) is 8.22. The normalized spacial score (nSPS) is 17.6. The molecule has 1 aliphatic carbocycles. The maximum absolute atomic E-state index is 12.7. The molecule has 0 aromatic heterocycles. The second-order valence-electron chi connectivity index (χ2n) is 8.10. The summed E-state index contributed by atoms with van der Waals surface area (Å²) in [5.41, 5.74) is 9.98. The maximum Gasteiger partial charge on any atom is 0.238 e. The van der Waals surface area contributed by atoms with Gasteiger partial charge in [0.1, 0.15) is 5.84 Å². The van der Waals surface area contributed by atoms with Crippen LogP contribution in [-0.2, 0) is 14.8 Å². The Hall–Kier alpha value is -3.49. The van der Waals surface area contributed by atoms with Crippen LogP contribution in [0.2, 0.25) is 0 Å². The number of aryl methyl sites for hydroxylation is 1. The molecule has 32 heavy (non-hydrogen) atoms. The molecule has 0 heterocycles. The largest absolute Gasteiger partial charge is 0.384 e. The molecule has 1 aliphatic rings. The third-order valence-corrected chi connectivity index (χ3v) is 6.63. The van der Waals surface area contributed by atoms with Gasteiger partial charge < -0.3 is 11.1 Å². The molecular weight excluding hydrogens is 424 g/mol. The lowest BCUT2D eigenvalue weighted by molar-refractivity contribution is -0.117. The number of anilines is 1. The first kappa shape index (κ1) is 21.7. The summed E-state index contributed by atoms with van der Waals surface area (Å²) < 4.78 is 23.9. The Morgan fingerprint density at radius 3 is 2.44 bits per heavy atom. The molecule has 6 N–H and O–H groups in total. The summed E-state index contributed by atoms with van der Waals surface area (Å²) in [6.45, 7) is 1.88. The molecule has 8 heteroatoms. The van der Waals surface area contributed by atoms with Gasteiger partial charge in [-0.3, -0.25) is 10.2 Å². The smallest absolute Gasteiger partial charge is 0.238 e. The van der Waals surface area contributed by atoms with Crippen LogP contribution in [0.15, 0.2) is 71.6 Å². The van der Waals surface area contributed by atoms with Gasteiger partial charge in [0.15, 0.2) is 0 Å². The summed E-state index contributed by atoms with van der Waals surface area (Å²) in [5, 5.41) is 15.9. The Bertz CT molecular complexity index is 1320. The molecule has 1 fully saturated rings. The van der Waals surface area contributed by atoms with Crippen molar-refractivity contribution in [3.05, 3.63) is 83.4 Å². The molecule has 3 aromatic carbocycles. The standard InChI is InChI=1S/C24H24N4O3S/c1-14-5-10-22(32(27,30)31)20(11-14)15-6-8-18(9-7-15)28-24(29)21-13-19(21)16-3-2-4-17(12-16)23(25)26/h2-12,19,21H,13H2,1H3,(H3,25,26)(H,28,29)(H2,27,30,31)/t19-,21-/m1/s1. The topological polar surface area (TPSA) is 139 Å². The number of amidine groups is 1. The summed E-state index contributed by atoms with van der Waals surface area (Å²) in [7, 11) is -3.86. The average Bonchev–Trinajstić information content (AvgIpc) is 3.54. The lowest BCUT2D eigenvalue weighted by Crippen LogP contribution is -2.15. The number of hydrogen-bond donors (Lipinski definition) is 4. The monoisotopic (exact) mass is 448 g/mol. The number of benzene rings is 3. The van der Waals surface area contributed by atoms with Gasteiger partial charge >= 0.3 is 0 Å². The predicted molar refractivity (Wildman–Crippen MR) is 125 cm³/mol. The summed E-state index contributed by atoms with van der Waals surface area (Å²) in [4.78, 5) is 12.8. The minimum atomic E-state index is -3.86. The molecule has 0 aliphatic heterocycles. The minimum Gasteiger partial charge on any atom is -0.384 e. The van der Waals surface area contributed by atoms with E-state index < -0.39 is 10.0 Å². The quantitative estimate of drug-likeness (QED) is 0.339. The predicted octanol–water partition coefficient (Wildman–Crippen LogP) is 3.34. The number of carbonyl (C=O) groups excluding carboxylic acids is 1. The van der Waals surface area contributed by atoms with Crippen molar-refractivity contribution in [1.82, 2.24) is 0 Å². The first-order valence-electron chi connectivity index (χ1n) is 10.1. The van der Waals surface area contributed by atoms with Gasteiger partial charge in [0.2, 0.25) is 15.9 Å². The van der Waals surface area contributed by atoms with Crippen molar-refractivity contribution >= 4 is 27.5 Å². The van der Waals surface area contributed by atoms with Crippen molar-refractivity contribution in [3.63, 3.8) is 0 Å². The molecule has 4 rings (SSSR count). The molecule has 0 bridgehead atoms. The lowest BCUT2D eigenvalue weighted by atomic mass is 10.0. The fourth-order valence-corrected chi connectivity index (χ4v) is 4.62. The molecule has 1 saturated carbocycles. The van der Waals surface area contributed by atoms with Crippen LogP contribution < -0.4 is 16.2 Å². The van der Waals surface area contributed by atoms with Gasteiger partial charge in [-0.25, -0.2) is 13.6 Å². The molecule has 3 aromatic rings. The van der Waals surface area contributed by atoms with Crippen LogP contribution in [0.5, 0.6) is 0 Å². The number of primary sulfonamides is 1. The van der Waals surface area contributed by atoms with E-state index >= 15 is 0 Å². The van der Waals surface area contributed by atoms with Crippen LogP contribution in [0, 0.1) is 18.3 Å². The number of amides is 1. The Balaban J connectivity index is 1.48. The summed E-state index contributed by atoms with van der Waals surface area (Å²) in [5.74, 6) is -0.0922. The zero-order valence-electron chi connectivity index (χ0n) is 17.5. The first-order valence-corrected chi connectivity index (χ1v) is 11.7. The fraction of sp³-hybridized carbons (Fsp3) is 0.167. The number of hydrogen-bond acceptors (Lipinski definition) is 4. The zero-order valence-corrected chi connectivity index (χ0v) is 18.3. The minimum absolute atomic E-state index is 0.00722. The van der Waals surface area contributed by atoms with Crippen LogP contribution in [0.1, 0.15) is 29.0 Å². The van der Waals surface area contributed by atoms with Gasteiger partial charge in [0, 0.05) is 22.7 Å². The third kappa shape index (κ3) is 4.56. The summed E-state index contributed by atoms with van der Waals surface area (Å²) in [6, 6.07) is 19.4. The molecular formula is C24H24N4O3S. The van der Waals surface area contributed by atoms with Gasteiger partial charge in [-0.1, -0.05) is 48.0 Å². The fourth-order valence-electron chi connectivity index (χ4n) is 3.88. The van der Waals surface area contributed by atoms with E-state index in [1.807, 2.05) is 25.1 Å². The molecule has 0 radical (unpaired) electrons. The lowest BCUT2D eigenvalue weighted by Gasteiger charge is -2.11. The van der Waals surface area contributed by atoms with Gasteiger partial charge in [0.25, 0.3) is 0 Å². The Labute approximate surface area is 187 Å². The van der Waals surface area contributed by atoms with Gasteiger partial charge in [0.05, 0.1) is 4.90 Å². The molecule has 1 amide bonds.